The van der Waals surface area contributed by atoms with Crippen molar-refractivity contribution in [2.75, 3.05) is 0 Å². The van der Waals surface area contributed by atoms with Gasteiger partial charge < -0.3 is 4.57 Å². The fourth-order valence-corrected chi connectivity index (χ4v) is 9.36. The number of pyridine rings is 1. The zero-order chi connectivity index (χ0) is 38.5. The molecule has 10 rings (SSSR count). The van der Waals surface area contributed by atoms with Crippen molar-refractivity contribution in [3.63, 3.8) is 0 Å². The summed E-state index contributed by atoms with van der Waals surface area (Å²) in [7, 11) is 0. The van der Waals surface area contributed by atoms with Crippen molar-refractivity contribution in [3.05, 3.63) is 216 Å². The molecule has 0 aliphatic heterocycles. The van der Waals surface area contributed by atoms with Gasteiger partial charge in [0.15, 0.2) is 0 Å². The lowest BCUT2D eigenvalue weighted by atomic mass is 9.67. The van der Waals surface area contributed by atoms with E-state index in [0.717, 1.165) is 68.0 Å². The second-order valence-electron chi connectivity index (χ2n) is 14.7. The van der Waals surface area contributed by atoms with Gasteiger partial charge in [-0.15, -0.1) is 0 Å². The van der Waals surface area contributed by atoms with E-state index in [1.165, 1.54) is 38.8 Å². The summed E-state index contributed by atoms with van der Waals surface area (Å²) in [5.74, 6) is 0.991. The van der Waals surface area contributed by atoms with E-state index in [-0.39, 0.29) is 0 Å². The molecule has 0 saturated heterocycles. The molecular weight excluding hydrogens is 691 g/mol. The van der Waals surface area contributed by atoms with Crippen molar-refractivity contribution in [2.45, 2.75) is 25.8 Å². The topological polar surface area (TPSA) is 30.7 Å². The minimum atomic E-state index is -0.499. The molecule has 1 aliphatic carbocycles. The first-order chi connectivity index (χ1) is 28.1. The van der Waals surface area contributed by atoms with Crippen molar-refractivity contribution in [3.8, 4) is 44.9 Å². The van der Waals surface area contributed by atoms with Crippen LogP contribution in [0.4, 0.5) is 0 Å². The molecule has 0 spiro atoms. The van der Waals surface area contributed by atoms with Gasteiger partial charge in [-0.2, -0.15) is 0 Å². The SMILES string of the molecule is C=Cc1nc(-c2cccc(-c3ccc(-c4nc5ccccc5n4CC)cc3)c2)c2ccc3c(c2c1/C=C\C)-c1ccccc1C3(c1ccccc1)c1ccccc1. The Morgan fingerprint density at radius 3 is 2.00 bits per heavy atom. The van der Waals surface area contributed by atoms with Crippen LogP contribution in [0, 0.1) is 0 Å². The van der Waals surface area contributed by atoms with Gasteiger partial charge in [0, 0.05) is 34.0 Å². The number of fused-ring (bicyclic) bond motifs is 6. The Morgan fingerprint density at radius 1 is 0.614 bits per heavy atom. The Balaban J connectivity index is 1.18. The Hall–Kier alpha value is -7.10. The minimum absolute atomic E-state index is 0.499. The van der Waals surface area contributed by atoms with Crippen LogP contribution in [0.3, 0.4) is 0 Å². The Morgan fingerprint density at radius 2 is 1.28 bits per heavy atom. The number of hydrogen-bond donors (Lipinski definition) is 0. The molecule has 0 bridgehead atoms. The van der Waals surface area contributed by atoms with E-state index in [1.807, 2.05) is 12.1 Å². The highest BCUT2D eigenvalue weighted by Gasteiger charge is 2.47. The molecule has 0 N–H and O–H groups in total. The lowest BCUT2D eigenvalue weighted by Gasteiger charge is -2.34. The predicted molar refractivity (Wildman–Crippen MR) is 239 cm³/mol. The molecular formula is C54H41N3. The molecule has 0 amide bonds. The first-order valence-corrected chi connectivity index (χ1v) is 19.8. The van der Waals surface area contributed by atoms with Crippen molar-refractivity contribution in [1.29, 1.82) is 0 Å². The van der Waals surface area contributed by atoms with E-state index in [1.54, 1.807) is 0 Å². The summed E-state index contributed by atoms with van der Waals surface area (Å²) in [6, 6.07) is 61.6. The van der Waals surface area contributed by atoms with E-state index >= 15 is 0 Å². The lowest BCUT2D eigenvalue weighted by Crippen LogP contribution is -2.28. The Labute approximate surface area is 334 Å². The molecule has 3 heteroatoms. The van der Waals surface area contributed by atoms with Gasteiger partial charge in [0.2, 0.25) is 0 Å². The molecule has 0 atom stereocenters. The van der Waals surface area contributed by atoms with Gasteiger partial charge in [-0.1, -0.05) is 170 Å². The van der Waals surface area contributed by atoms with Gasteiger partial charge in [-0.3, -0.25) is 0 Å². The van der Waals surface area contributed by atoms with Crippen molar-refractivity contribution >= 4 is 34.0 Å². The van der Waals surface area contributed by atoms with Crippen molar-refractivity contribution < 1.29 is 0 Å². The molecule has 0 fully saturated rings. The number of allylic oxidation sites excluding steroid dienone is 1. The van der Waals surface area contributed by atoms with Gasteiger partial charge in [0.25, 0.3) is 0 Å². The second kappa shape index (κ2) is 13.9. The van der Waals surface area contributed by atoms with Gasteiger partial charge >= 0.3 is 0 Å². The molecule has 2 aromatic heterocycles. The third-order valence-electron chi connectivity index (χ3n) is 11.8. The molecule has 7 aromatic carbocycles. The summed E-state index contributed by atoms with van der Waals surface area (Å²) in [6.07, 6.45) is 6.23. The molecule has 57 heavy (non-hydrogen) atoms. The Bertz CT molecular complexity index is 2970. The van der Waals surface area contributed by atoms with Crippen LogP contribution in [0.25, 0.3) is 78.9 Å². The molecule has 0 unspecified atom stereocenters. The maximum absolute atomic E-state index is 5.39. The predicted octanol–water partition coefficient (Wildman–Crippen LogP) is 13.6. The molecule has 272 valence electrons. The van der Waals surface area contributed by atoms with E-state index in [9.17, 15) is 0 Å². The van der Waals surface area contributed by atoms with Gasteiger partial charge in [-0.25, -0.2) is 9.97 Å². The molecule has 3 nitrogen and oxygen atoms in total. The van der Waals surface area contributed by atoms with Crippen LogP contribution in [0.15, 0.2) is 183 Å². The van der Waals surface area contributed by atoms with E-state index in [0.29, 0.717) is 0 Å². The van der Waals surface area contributed by atoms with Crippen LogP contribution in [0.1, 0.15) is 47.4 Å². The fraction of sp³-hybridized carbons (Fsp3) is 0.0741. The summed E-state index contributed by atoms with van der Waals surface area (Å²) in [5, 5.41) is 2.31. The molecule has 0 radical (unpaired) electrons. The van der Waals surface area contributed by atoms with Crippen LogP contribution in [-0.2, 0) is 12.0 Å². The first-order valence-electron chi connectivity index (χ1n) is 19.8. The third kappa shape index (κ3) is 5.27. The summed E-state index contributed by atoms with van der Waals surface area (Å²) in [5.41, 5.74) is 16.6. The largest absolute Gasteiger partial charge is 0.324 e. The van der Waals surface area contributed by atoms with Gasteiger partial charge in [0.1, 0.15) is 5.82 Å². The Kier molecular flexibility index (Phi) is 8.38. The summed E-state index contributed by atoms with van der Waals surface area (Å²) in [6.45, 7) is 9.41. The zero-order valence-electron chi connectivity index (χ0n) is 32.2. The third-order valence-corrected chi connectivity index (χ3v) is 11.8. The lowest BCUT2D eigenvalue weighted by molar-refractivity contribution is 0.769. The maximum atomic E-state index is 5.39. The van der Waals surface area contributed by atoms with Gasteiger partial charge in [-0.05, 0) is 82.6 Å². The van der Waals surface area contributed by atoms with E-state index < -0.39 is 5.41 Å². The standard InChI is InChI=1S/C54H41N3/c1-4-18-43-47(5-2)55-52(39-20-17-19-38(35-39)36-29-31-37(32-30-36)53-56-48-27-15-16-28-49(48)57(53)6-3)44-33-34-46-51(50(43)44)42-25-13-14-26-45(42)54(46,40-21-9-7-10-22-40)41-23-11-8-12-24-41/h4-5,7-35H,2,6H2,1,3H3/b18-4-. The summed E-state index contributed by atoms with van der Waals surface area (Å²) >= 11 is 0. The number of aryl methyl sites for hydroxylation is 1. The van der Waals surface area contributed by atoms with Crippen LogP contribution >= 0.6 is 0 Å². The van der Waals surface area contributed by atoms with Crippen LogP contribution in [0.2, 0.25) is 0 Å². The highest BCUT2D eigenvalue weighted by molar-refractivity contribution is 6.12. The highest BCUT2D eigenvalue weighted by Crippen LogP contribution is 2.58. The second-order valence-corrected chi connectivity index (χ2v) is 14.7. The number of nitrogens with zero attached hydrogens (tertiary/aromatic N) is 3. The monoisotopic (exact) mass is 731 g/mol. The maximum Gasteiger partial charge on any atom is 0.141 e. The minimum Gasteiger partial charge on any atom is -0.324 e. The summed E-state index contributed by atoms with van der Waals surface area (Å²) in [4.78, 5) is 10.4. The molecule has 1 aliphatic rings. The van der Waals surface area contributed by atoms with Crippen LogP contribution in [-0.4, -0.2) is 14.5 Å². The first kappa shape index (κ1) is 34.4. The van der Waals surface area contributed by atoms with Crippen LogP contribution in [0.5, 0.6) is 0 Å². The average molecular weight is 732 g/mol. The zero-order valence-corrected chi connectivity index (χ0v) is 32.2. The molecule has 2 heterocycles. The number of imidazole rings is 1. The summed E-state index contributed by atoms with van der Waals surface area (Å²) < 4.78 is 2.29. The van der Waals surface area contributed by atoms with Crippen molar-refractivity contribution in [1.82, 2.24) is 14.5 Å². The normalized spacial score (nSPS) is 12.9. The van der Waals surface area contributed by atoms with E-state index in [2.05, 4.69) is 201 Å². The molecule has 9 aromatic rings. The number of benzene rings is 7. The smallest absolute Gasteiger partial charge is 0.141 e. The number of rotatable bonds is 8. The van der Waals surface area contributed by atoms with Crippen molar-refractivity contribution in [2.24, 2.45) is 0 Å². The highest BCUT2D eigenvalue weighted by atomic mass is 15.1. The number of aromatic nitrogens is 3. The average Bonchev–Trinajstić information content (AvgIpc) is 3.81. The number of para-hydroxylation sites is 2. The van der Waals surface area contributed by atoms with Crippen LogP contribution < -0.4 is 0 Å². The number of hydrogen-bond acceptors (Lipinski definition) is 2. The molecule has 0 saturated carbocycles. The van der Waals surface area contributed by atoms with E-state index in [4.69, 9.17) is 9.97 Å². The fourth-order valence-electron chi connectivity index (χ4n) is 9.36. The quantitative estimate of drug-likeness (QED) is 0.156. The van der Waals surface area contributed by atoms with Gasteiger partial charge in [0.05, 0.1) is 27.8 Å².